The van der Waals surface area contributed by atoms with Crippen molar-refractivity contribution >= 4 is 10.0 Å². The Labute approximate surface area is 121 Å². The van der Waals surface area contributed by atoms with Crippen molar-refractivity contribution in [1.82, 2.24) is 4.31 Å². The molecule has 108 valence electrons. The molecule has 1 aromatic rings. The highest BCUT2D eigenvalue weighted by Gasteiger charge is 2.37. The Hall–Kier alpha value is -1.35. The van der Waals surface area contributed by atoms with Gasteiger partial charge in [-0.3, -0.25) is 0 Å². The number of benzene rings is 1. The number of rotatable bonds is 4. The van der Waals surface area contributed by atoms with E-state index in [1.165, 1.54) is 0 Å². The maximum absolute atomic E-state index is 12.7. The third kappa shape index (κ3) is 3.04. The van der Waals surface area contributed by atoms with Gasteiger partial charge in [0.05, 0.1) is 11.4 Å². The van der Waals surface area contributed by atoms with E-state index in [9.17, 15) is 8.42 Å². The average Bonchev–Trinajstić information content (AvgIpc) is 3.22. The van der Waals surface area contributed by atoms with Crippen LogP contribution in [-0.2, 0) is 10.0 Å². The molecular formula is C15H20N2O2S. The number of aryl methyl sites for hydroxylation is 1. The zero-order valence-electron chi connectivity index (χ0n) is 11.9. The van der Waals surface area contributed by atoms with Crippen LogP contribution >= 0.6 is 0 Å². The second-order valence-electron chi connectivity index (χ2n) is 4.93. The normalized spacial score (nSPS) is 15.0. The first kappa shape index (κ1) is 15.0. The summed E-state index contributed by atoms with van der Waals surface area (Å²) in [6, 6.07) is 5.44. The maximum Gasteiger partial charge on any atom is 0.243 e. The molecule has 5 heteroatoms. The van der Waals surface area contributed by atoms with Crippen molar-refractivity contribution < 1.29 is 8.42 Å². The van der Waals surface area contributed by atoms with Crippen LogP contribution in [-0.4, -0.2) is 31.9 Å². The summed E-state index contributed by atoms with van der Waals surface area (Å²) in [4.78, 5) is 0.357. The van der Waals surface area contributed by atoms with Gasteiger partial charge in [-0.15, -0.1) is 0 Å². The largest absolute Gasteiger partial charge is 0.320 e. The molecule has 1 aromatic carbocycles. The van der Waals surface area contributed by atoms with Crippen molar-refractivity contribution in [1.29, 1.82) is 0 Å². The molecule has 0 unspecified atom stereocenters. The summed E-state index contributed by atoms with van der Waals surface area (Å²) in [5.74, 6) is 5.64. The van der Waals surface area contributed by atoms with Gasteiger partial charge in [0.15, 0.2) is 0 Å². The van der Waals surface area contributed by atoms with Crippen molar-refractivity contribution in [2.45, 2.75) is 37.6 Å². The lowest BCUT2D eigenvalue weighted by Crippen LogP contribution is -2.33. The van der Waals surface area contributed by atoms with Gasteiger partial charge in [0.2, 0.25) is 10.0 Å². The topological polar surface area (TPSA) is 63.4 Å². The molecule has 0 spiro atoms. The van der Waals surface area contributed by atoms with Crippen LogP contribution in [0.2, 0.25) is 0 Å². The van der Waals surface area contributed by atoms with Crippen molar-refractivity contribution in [3.05, 3.63) is 29.3 Å². The van der Waals surface area contributed by atoms with Crippen LogP contribution in [0.4, 0.5) is 0 Å². The highest BCUT2D eigenvalue weighted by atomic mass is 32.2. The molecule has 0 aliphatic heterocycles. The zero-order chi connectivity index (χ0) is 14.8. The van der Waals surface area contributed by atoms with Crippen LogP contribution in [0.15, 0.2) is 23.1 Å². The van der Waals surface area contributed by atoms with Gasteiger partial charge in [-0.1, -0.05) is 24.8 Å². The Morgan fingerprint density at radius 3 is 2.65 bits per heavy atom. The summed E-state index contributed by atoms with van der Waals surface area (Å²) in [6.45, 7) is 4.46. The minimum Gasteiger partial charge on any atom is -0.320 e. The maximum atomic E-state index is 12.7. The molecule has 0 atom stereocenters. The Kier molecular flexibility index (Phi) is 4.48. The SMILES string of the molecule is CCN(C1CC1)S(=O)(=O)c1cc(C#CCN)ccc1C. The van der Waals surface area contributed by atoms with E-state index in [2.05, 4.69) is 11.8 Å². The van der Waals surface area contributed by atoms with Crippen molar-refractivity contribution in [2.75, 3.05) is 13.1 Å². The number of sulfonamides is 1. The van der Waals surface area contributed by atoms with Crippen molar-refractivity contribution in [3.63, 3.8) is 0 Å². The van der Waals surface area contributed by atoms with Crippen molar-refractivity contribution in [3.8, 4) is 11.8 Å². The highest BCUT2D eigenvalue weighted by molar-refractivity contribution is 7.89. The van der Waals surface area contributed by atoms with Crippen molar-refractivity contribution in [2.24, 2.45) is 5.73 Å². The van der Waals surface area contributed by atoms with Crippen LogP contribution in [0.1, 0.15) is 30.9 Å². The van der Waals surface area contributed by atoms with Gasteiger partial charge in [0.25, 0.3) is 0 Å². The second-order valence-corrected chi connectivity index (χ2v) is 6.78. The Morgan fingerprint density at radius 1 is 1.40 bits per heavy atom. The summed E-state index contributed by atoms with van der Waals surface area (Å²) in [5, 5.41) is 0. The predicted octanol–water partition coefficient (Wildman–Crippen LogP) is 1.48. The van der Waals surface area contributed by atoms with Gasteiger partial charge in [-0.2, -0.15) is 4.31 Å². The lowest BCUT2D eigenvalue weighted by atomic mass is 10.1. The minimum atomic E-state index is -3.43. The molecule has 0 bridgehead atoms. The number of nitrogens with zero attached hydrogens (tertiary/aromatic N) is 1. The third-order valence-corrected chi connectivity index (χ3v) is 5.54. The zero-order valence-corrected chi connectivity index (χ0v) is 12.7. The molecule has 1 aliphatic carbocycles. The second kappa shape index (κ2) is 5.96. The first-order valence-electron chi connectivity index (χ1n) is 6.82. The van der Waals surface area contributed by atoms with E-state index in [0.717, 1.165) is 18.4 Å². The van der Waals surface area contributed by atoms with Gasteiger partial charge < -0.3 is 5.73 Å². The van der Waals surface area contributed by atoms with Gasteiger partial charge in [0, 0.05) is 18.2 Å². The monoisotopic (exact) mass is 292 g/mol. The van der Waals surface area contributed by atoms with E-state index in [4.69, 9.17) is 5.73 Å². The molecular weight excluding hydrogens is 272 g/mol. The highest BCUT2D eigenvalue weighted by Crippen LogP contribution is 2.32. The summed E-state index contributed by atoms with van der Waals surface area (Å²) in [7, 11) is -3.43. The van der Waals surface area contributed by atoms with Crippen LogP contribution in [0, 0.1) is 18.8 Å². The number of hydrogen-bond donors (Lipinski definition) is 1. The van der Waals surface area contributed by atoms with Gasteiger partial charge in [0.1, 0.15) is 0 Å². The number of hydrogen-bond acceptors (Lipinski definition) is 3. The molecule has 20 heavy (non-hydrogen) atoms. The molecule has 2 N–H and O–H groups in total. The fraction of sp³-hybridized carbons (Fsp3) is 0.467. The standard InChI is InChI=1S/C15H20N2O2S/c1-3-17(14-8-9-14)20(18,19)15-11-13(5-4-10-16)7-6-12(15)2/h6-7,11,14H,3,8-10,16H2,1-2H3. The minimum absolute atomic E-state index is 0.170. The summed E-state index contributed by atoms with van der Waals surface area (Å²) in [6.07, 6.45) is 1.91. The Morgan fingerprint density at radius 2 is 2.10 bits per heavy atom. The summed E-state index contributed by atoms with van der Waals surface area (Å²) >= 11 is 0. The van der Waals surface area contributed by atoms with Crippen LogP contribution in [0.25, 0.3) is 0 Å². The average molecular weight is 292 g/mol. The van der Waals surface area contributed by atoms with Gasteiger partial charge >= 0.3 is 0 Å². The molecule has 0 heterocycles. The molecule has 0 amide bonds. The van der Waals surface area contributed by atoms with E-state index in [-0.39, 0.29) is 12.6 Å². The van der Waals surface area contributed by atoms with Crippen LogP contribution in [0.3, 0.4) is 0 Å². The predicted molar refractivity (Wildman–Crippen MR) is 79.7 cm³/mol. The fourth-order valence-corrected chi connectivity index (χ4v) is 4.17. The molecule has 1 fully saturated rings. The Bertz CT molecular complexity index is 652. The molecule has 0 saturated heterocycles. The Balaban J connectivity index is 2.44. The molecule has 0 radical (unpaired) electrons. The third-order valence-electron chi connectivity index (χ3n) is 3.38. The van der Waals surface area contributed by atoms with Crippen LogP contribution < -0.4 is 5.73 Å². The quantitative estimate of drug-likeness (QED) is 0.855. The summed E-state index contributed by atoms with van der Waals surface area (Å²) < 4.78 is 27.1. The first-order valence-corrected chi connectivity index (χ1v) is 8.26. The molecule has 2 rings (SSSR count). The summed E-state index contributed by atoms with van der Waals surface area (Å²) in [5.41, 5.74) is 6.79. The van der Waals surface area contributed by atoms with E-state index in [0.29, 0.717) is 17.0 Å². The van der Waals surface area contributed by atoms with E-state index < -0.39 is 10.0 Å². The van der Waals surface area contributed by atoms with E-state index in [1.807, 2.05) is 19.9 Å². The molecule has 1 saturated carbocycles. The molecule has 1 aliphatic rings. The van der Waals surface area contributed by atoms with E-state index in [1.54, 1.807) is 16.4 Å². The van der Waals surface area contributed by atoms with E-state index >= 15 is 0 Å². The van der Waals surface area contributed by atoms with Gasteiger partial charge in [-0.05, 0) is 37.5 Å². The lowest BCUT2D eigenvalue weighted by molar-refractivity contribution is 0.420. The molecule has 0 aromatic heterocycles. The smallest absolute Gasteiger partial charge is 0.243 e. The van der Waals surface area contributed by atoms with Gasteiger partial charge in [-0.25, -0.2) is 8.42 Å². The molecule has 4 nitrogen and oxygen atoms in total. The first-order chi connectivity index (χ1) is 9.50. The lowest BCUT2D eigenvalue weighted by Gasteiger charge is -2.21. The number of nitrogens with two attached hydrogens (primary N) is 1. The fourth-order valence-electron chi connectivity index (χ4n) is 2.22. The van der Waals surface area contributed by atoms with Crippen LogP contribution in [0.5, 0.6) is 0 Å².